The number of hydrogen-bond donors (Lipinski definition) is 1. The lowest BCUT2D eigenvalue weighted by Crippen LogP contribution is -2.46. The molecule has 1 aliphatic heterocycles. The van der Waals surface area contributed by atoms with Crippen molar-refractivity contribution in [3.8, 4) is 0 Å². The summed E-state index contributed by atoms with van der Waals surface area (Å²) in [6.45, 7) is 0. The maximum absolute atomic E-state index is 12.4. The number of fused-ring (bicyclic) bond motifs is 1. The highest BCUT2D eigenvalue weighted by molar-refractivity contribution is 9.10. The number of Topliss-reactive ketones (excluding diaryl/α,β-unsaturated/α-hetero) is 2. The van der Waals surface area contributed by atoms with Gasteiger partial charge >= 0.3 is 0 Å². The number of carbonyl (C=O) groups excluding carboxylic acids is 4. The number of rotatable bonds is 1. The van der Waals surface area contributed by atoms with Gasteiger partial charge in [0.2, 0.25) is 11.8 Å². The van der Waals surface area contributed by atoms with Crippen LogP contribution < -0.4 is 5.32 Å². The Labute approximate surface area is 122 Å². The predicted octanol–water partition coefficient (Wildman–Crippen LogP) is 1.50. The monoisotopic (exact) mass is 335 g/mol. The number of amides is 2. The van der Waals surface area contributed by atoms with E-state index in [1.54, 1.807) is 18.2 Å². The largest absolute Gasteiger partial charge is 0.296 e. The maximum atomic E-state index is 12.4. The van der Waals surface area contributed by atoms with Crippen LogP contribution in [-0.4, -0.2) is 23.4 Å². The van der Waals surface area contributed by atoms with E-state index >= 15 is 0 Å². The van der Waals surface area contributed by atoms with Crippen LogP contribution in [0.4, 0.5) is 0 Å². The third-order valence-electron chi connectivity index (χ3n) is 3.76. The SMILES string of the molecule is O=C1CCC(C2C(=O)c3ccc(Br)cc3C2=O)C(=O)N1. The fraction of sp³-hybridized carbons (Fsp3) is 0.286. The molecule has 3 rings (SSSR count). The summed E-state index contributed by atoms with van der Waals surface area (Å²) in [5.74, 6) is -3.29. The summed E-state index contributed by atoms with van der Waals surface area (Å²) in [7, 11) is 0. The molecule has 0 bridgehead atoms. The Bertz CT molecular complexity index is 667. The van der Waals surface area contributed by atoms with Crippen molar-refractivity contribution in [3.05, 3.63) is 33.8 Å². The van der Waals surface area contributed by atoms with Crippen LogP contribution >= 0.6 is 15.9 Å². The van der Waals surface area contributed by atoms with Crippen LogP contribution in [0.25, 0.3) is 0 Å². The molecule has 1 fully saturated rings. The van der Waals surface area contributed by atoms with Crippen molar-refractivity contribution in [1.82, 2.24) is 5.32 Å². The van der Waals surface area contributed by atoms with Gasteiger partial charge in [-0.2, -0.15) is 0 Å². The third-order valence-corrected chi connectivity index (χ3v) is 4.25. The first-order chi connectivity index (χ1) is 9.49. The lowest BCUT2D eigenvalue weighted by Gasteiger charge is -2.23. The molecule has 2 aliphatic rings. The van der Waals surface area contributed by atoms with Crippen molar-refractivity contribution in [2.24, 2.45) is 11.8 Å². The van der Waals surface area contributed by atoms with E-state index in [0.717, 1.165) is 0 Å². The van der Waals surface area contributed by atoms with Gasteiger partial charge in [-0.15, -0.1) is 0 Å². The Balaban J connectivity index is 1.97. The summed E-state index contributed by atoms with van der Waals surface area (Å²) in [5, 5.41) is 2.19. The number of benzene rings is 1. The minimum atomic E-state index is -0.993. The molecule has 102 valence electrons. The van der Waals surface area contributed by atoms with Crippen molar-refractivity contribution in [2.75, 3.05) is 0 Å². The molecule has 1 N–H and O–H groups in total. The highest BCUT2D eigenvalue weighted by Crippen LogP contribution is 2.36. The Kier molecular flexibility index (Phi) is 3.05. The zero-order valence-corrected chi connectivity index (χ0v) is 11.9. The molecule has 0 spiro atoms. The van der Waals surface area contributed by atoms with Gasteiger partial charge in [0.25, 0.3) is 0 Å². The molecular formula is C14H10BrNO4. The zero-order valence-electron chi connectivity index (χ0n) is 10.3. The summed E-state index contributed by atoms with van der Waals surface area (Å²) in [4.78, 5) is 47.7. The molecule has 2 atom stereocenters. The van der Waals surface area contributed by atoms with Crippen molar-refractivity contribution < 1.29 is 19.2 Å². The van der Waals surface area contributed by atoms with Gasteiger partial charge in [0.05, 0.1) is 11.8 Å². The molecule has 2 amide bonds. The highest BCUT2D eigenvalue weighted by Gasteiger charge is 2.47. The van der Waals surface area contributed by atoms with Crippen molar-refractivity contribution in [3.63, 3.8) is 0 Å². The van der Waals surface area contributed by atoms with Crippen molar-refractivity contribution >= 4 is 39.3 Å². The lowest BCUT2D eigenvalue weighted by molar-refractivity contribution is -0.137. The topological polar surface area (TPSA) is 80.3 Å². The minimum absolute atomic E-state index is 0.160. The van der Waals surface area contributed by atoms with E-state index < -0.39 is 17.7 Å². The normalized spacial score (nSPS) is 25.6. The van der Waals surface area contributed by atoms with E-state index in [1.165, 1.54) is 0 Å². The number of halogens is 1. The Morgan fingerprint density at radius 2 is 1.75 bits per heavy atom. The standard InChI is InChI=1S/C14H10BrNO4/c15-6-1-2-7-9(5-6)13(19)11(12(7)18)8-3-4-10(17)16-14(8)20/h1-2,5,8,11H,3-4H2,(H,16,17,20). The van der Waals surface area contributed by atoms with Crippen molar-refractivity contribution in [1.29, 1.82) is 0 Å². The van der Waals surface area contributed by atoms with Crippen LogP contribution in [0.5, 0.6) is 0 Å². The van der Waals surface area contributed by atoms with Crippen LogP contribution in [0.3, 0.4) is 0 Å². The van der Waals surface area contributed by atoms with E-state index in [9.17, 15) is 19.2 Å². The molecule has 1 heterocycles. The molecule has 1 saturated heterocycles. The summed E-state index contributed by atoms with van der Waals surface area (Å²) in [5.41, 5.74) is 0.701. The fourth-order valence-corrected chi connectivity index (χ4v) is 3.14. The molecule has 0 radical (unpaired) electrons. The number of nitrogens with one attached hydrogen (secondary N) is 1. The van der Waals surface area contributed by atoms with Gasteiger partial charge in [0.15, 0.2) is 11.6 Å². The van der Waals surface area contributed by atoms with Crippen LogP contribution in [-0.2, 0) is 9.59 Å². The van der Waals surface area contributed by atoms with Gasteiger partial charge < -0.3 is 0 Å². The quantitative estimate of drug-likeness (QED) is 0.623. The number of carbonyl (C=O) groups is 4. The number of imide groups is 1. The summed E-state index contributed by atoms with van der Waals surface area (Å²) >= 11 is 3.26. The van der Waals surface area contributed by atoms with Gasteiger partial charge in [-0.3, -0.25) is 24.5 Å². The molecule has 0 saturated carbocycles. The summed E-state index contributed by atoms with van der Waals surface area (Å²) in [6, 6.07) is 4.88. The number of ketones is 2. The van der Waals surface area contributed by atoms with Crippen molar-refractivity contribution in [2.45, 2.75) is 12.8 Å². The first kappa shape index (κ1) is 13.2. The molecule has 0 aromatic heterocycles. The second kappa shape index (κ2) is 4.63. The molecular weight excluding hydrogens is 326 g/mol. The Morgan fingerprint density at radius 1 is 1.05 bits per heavy atom. The minimum Gasteiger partial charge on any atom is -0.296 e. The van der Waals surface area contributed by atoms with Gasteiger partial charge in [-0.05, 0) is 24.6 Å². The lowest BCUT2D eigenvalue weighted by atomic mass is 9.82. The van der Waals surface area contributed by atoms with Crippen LogP contribution in [0.1, 0.15) is 33.6 Å². The second-order valence-electron chi connectivity index (χ2n) is 4.95. The maximum Gasteiger partial charge on any atom is 0.230 e. The first-order valence-corrected chi connectivity index (χ1v) is 7.00. The Morgan fingerprint density at radius 3 is 2.45 bits per heavy atom. The number of piperidine rings is 1. The van der Waals surface area contributed by atoms with Gasteiger partial charge in [-0.1, -0.05) is 15.9 Å². The fourth-order valence-electron chi connectivity index (χ4n) is 2.78. The van der Waals surface area contributed by atoms with Crippen LogP contribution in [0.2, 0.25) is 0 Å². The van der Waals surface area contributed by atoms with Crippen LogP contribution in [0, 0.1) is 11.8 Å². The smallest absolute Gasteiger partial charge is 0.230 e. The molecule has 5 nitrogen and oxygen atoms in total. The van der Waals surface area contributed by atoms with Gasteiger partial charge in [0.1, 0.15) is 0 Å². The summed E-state index contributed by atoms with van der Waals surface area (Å²) < 4.78 is 0.710. The average Bonchev–Trinajstić information content (AvgIpc) is 2.63. The van der Waals surface area contributed by atoms with Crippen LogP contribution in [0.15, 0.2) is 22.7 Å². The van der Waals surface area contributed by atoms with E-state index in [4.69, 9.17) is 0 Å². The van der Waals surface area contributed by atoms with Gasteiger partial charge in [-0.25, -0.2) is 0 Å². The molecule has 6 heteroatoms. The molecule has 20 heavy (non-hydrogen) atoms. The molecule has 2 unspecified atom stereocenters. The third kappa shape index (κ3) is 1.91. The zero-order chi connectivity index (χ0) is 14.4. The average molecular weight is 336 g/mol. The van der Waals surface area contributed by atoms with E-state index in [1.807, 2.05) is 0 Å². The highest BCUT2D eigenvalue weighted by atomic mass is 79.9. The first-order valence-electron chi connectivity index (χ1n) is 6.20. The molecule has 1 aliphatic carbocycles. The summed E-state index contributed by atoms with van der Waals surface area (Å²) in [6.07, 6.45) is 0.398. The Hall–Kier alpha value is -1.82. The van der Waals surface area contributed by atoms with E-state index in [-0.39, 0.29) is 30.3 Å². The van der Waals surface area contributed by atoms with E-state index in [2.05, 4.69) is 21.2 Å². The number of hydrogen-bond acceptors (Lipinski definition) is 4. The molecule has 1 aromatic carbocycles. The van der Waals surface area contributed by atoms with E-state index in [0.29, 0.717) is 15.6 Å². The van der Waals surface area contributed by atoms with Gasteiger partial charge in [0, 0.05) is 22.0 Å². The molecule has 1 aromatic rings. The predicted molar refractivity (Wildman–Crippen MR) is 72.2 cm³/mol. The second-order valence-corrected chi connectivity index (χ2v) is 5.87.